The van der Waals surface area contributed by atoms with Gasteiger partial charge in [-0.05, 0) is 24.7 Å². The molecule has 2 rings (SSSR count). The zero-order chi connectivity index (χ0) is 12.3. The van der Waals surface area contributed by atoms with Crippen molar-refractivity contribution in [2.24, 2.45) is 0 Å². The minimum absolute atomic E-state index is 0.118. The number of aromatic nitrogens is 2. The first-order chi connectivity index (χ1) is 8.22. The summed E-state index contributed by atoms with van der Waals surface area (Å²) >= 11 is 0. The zero-order valence-corrected chi connectivity index (χ0v) is 9.45. The maximum atomic E-state index is 13.5. The Hall–Kier alpha value is -1.75. The molecule has 0 amide bonds. The molecule has 0 saturated carbocycles. The van der Waals surface area contributed by atoms with Crippen LogP contribution < -0.4 is 5.32 Å². The Morgan fingerprint density at radius 3 is 2.88 bits per heavy atom. The molecular weight excluding hydrogens is 224 g/mol. The van der Waals surface area contributed by atoms with E-state index < -0.39 is 11.6 Å². The van der Waals surface area contributed by atoms with Crippen LogP contribution in [0, 0.1) is 11.6 Å². The van der Waals surface area contributed by atoms with Crippen LogP contribution in [-0.4, -0.2) is 16.3 Å². The predicted molar refractivity (Wildman–Crippen MR) is 60.9 cm³/mol. The SMILES string of the molecule is CCNCc1ccn(-c2cccc(F)c2F)n1. The van der Waals surface area contributed by atoms with Gasteiger partial charge in [-0.15, -0.1) is 0 Å². The summed E-state index contributed by atoms with van der Waals surface area (Å²) in [5.74, 6) is -1.75. The average molecular weight is 237 g/mol. The zero-order valence-electron chi connectivity index (χ0n) is 9.45. The van der Waals surface area contributed by atoms with Gasteiger partial charge < -0.3 is 5.32 Å². The van der Waals surface area contributed by atoms with E-state index in [1.807, 2.05) is 6.92 Å². The van der Waals surface area contributed by atoms with Gasteiger partial charge in [0.2, 0.25) is 0 Å². The fraction of sp³-hybridized carbons (Fsp3) is 0.250. The molecule has 0 aliphatic rings. The first-order valence-corrected chi connectivity index (χ1v) is 5.42. The van der Waals surface area contributed by atoms with Gasteiger partial charge in [-0.2, -0.15) is 5.10 Å². The number of halogens is 2. The highest BCUT2D eigenvalue weighted by molar-refractivity contribution is 5.33. The van der Waals surface area contributed by atoms with Crippen LogP contribution in [0.4, 0.5) is 8.78 Å². The molecule has 1 aromatic carbocycles. The van der Waals surface area contributed by atoms with E-state index in [1.165, 1.54) is 16.8 Å². The summed E-state index contributed by atoms with van der Waals surface area (Å²) in [6, 6.07) is 5.80. The lowest BCUT2D eigenvalue weighted by Gasteiger charge is -2.03. The van der Waals surface area contributed by atoms with Crippen molar-refractivity contribution < 1.29 is 8.78 Å². The quantitative estimate of drug-likeness (QED) is 0.884. The summed E-state index contributed by atoms with van der Waals surface area (Å²) < 4.78 is 27.9. The predicted octanol–water partition coefficient (Wildman–Crippen LogP) is 2.26. The van der Waals surface area contributed by atoms with E-state index in [0.29, 0.717) is 6.54 Å². The number of hydrogen-bond acceptors (Lipinski definition) is 2. The van der Waals surface area contributed by atoms with Crippen molar-refractivity contribution in [1.82, 2.24) is 15.1 Å². The molecule has 1 aromatic heterocycles. The van der Waals surface area contributed by atoms with Gasteiger partial charge in [-0.3, -0.25) is 0 Å². The number of rotatable bonds is 4. The highest BCUT2D eigenvalue weighted by Crippen LogP contribution is 2.15. The number of hydrogen-bond donors (Lipinski definition) is 1. The van der Waals surface area contributed by atoms with E-state index in [4.69, 9.17) is 0 Å². The molecule has 90 valence electrons. The van der Waals surface area contributed by atoms with Crippen molar-refractivity contribution in [3.63, 3.8) is 0 Å². The van der Waals surface area contributed by atoms with Crippen LogP contribution in [0.1, 0.15) is 12.6 Å². The molecule has 3 nitrogen and oxygen atoms in total. The van der Waals surface area contributed by atoms with E-state index in [1.54, 1.807) is 12.3 Å². The van der Waals surface area contributed by atoms with E-state index in [-0.39, 0.29) is 5.69 Å². The molecule has 0 spiro atoms. The normalized spacial score (nSPS) is 10.8. The standard InChI is InChI=1S/C12H13F2N3/c1-2-15-8-9-6-7-17(16-9)11-5-3-4-10(13)12(11)14/h3-7,15H,2,8H2,1H3. The summed E-state index contributed by atoms with van der Waals surface area (Å²) in [5.41, 5.74) is 0.906. The van der Waals surface area contributed by atoms with Gasteiger partial charge in [0, 0.05) is 12.7 Å². The Labute approximate surface area is 98.1 Å². The fourth-order valence-electron chi connectivity index (χ4n) is 1.51. The molecule has 0 saturated heterocycles. The second kappa shape index (κ2) is 5.05. The Balaban J connectivity index is 2.27. The monoisotopic (exact) mass is 237 g/mol. The van der Waals surface area contributed by atoms with Crippen LogP contribution in [0.5, 0.6) is 0 Å². The van der Waals surface area contributed by atoms with Crippen molar-refractivity contribution in [3.05, 3.63) is 47.8 Å². The summed E-state index contributed by atoms with van der Waals surface area (Å²) in [6.45, 7) is 3.44. The van der Waals surface area contributed by atoms with E-state index in [2.05, 4.69) is 10.4 Å². The van der Waals surface area contributed by atoms with E-state index >= 15 is 0 Å². The summed E-state index contributed by atoms with van der Waals surface area (Å²) in [5, 5.41) is 7.28. The molecular formula is C12H13F2N3. The second-order valence-electron chi connectivity index (χ2n) is 3.60. The summed E-state index contributed by atoms with van der Waals surface area (Å²) in [4.78, 5) is 0. The van der Waals surface area contributed by atoms with Crippen molar-refractivity contribution in [2.45, 2.75) is 13.5 Å². The van der Waals surface area contributed by atoms with Crippen LogP contribution in [0.2, 0.25) is 0 Å². The largest absolute Gasteiger partial charge is 0.311 e. The Morgan fingerprint density at radius 1 is 1.29 bits per heavy atom. The first kappa shape index (κ1) is 11.7. The molecule has 0 atom stereocenters. The lowest BCUT2D eigenvalue weighted by Crippen LogP contribution is -2.12. The Kier molecular flexibility index (Phi) is 3.49. The molecule has 1 heterocycles. The van der Waals surface area contributed by atoms with Crippen molar-refractivity contribution >= 4 is 0 Å². The Bertz CT molecular complexity index is 508. The highest BCUT2D eigenvalue weighted by Gasteiger charge is 2.10. The minimum atomic E-state index is -0.884. The topological polar surface area (TPSA) is 29.9 Å². The third-order valence-corrected chi connectivity index (χ3v) is 2.38. The molecule has 0 aliphatic heterocycles. The van der Waals surface area contributed by atoms with Crippen LogP contribution in [0.3, 0.4) is 0 Å². The maximum absolute atomic E-state index is 13.5. The van der Waals surface area contributed by atoms with Gasteiger partial charge in [-0.1, -0.05) is 13.0 Å². The van der Waals surface area contributed by atoms with Crippen LogP contribution in [-0.2, 0) is 6.54 Å². The van der Waals surface area contributed by atoms with Crippen molar-refractivity contribution in [1.29, 1.82) is 0 Å². The summed E-state index contributed by atoms with van der Waals surface area (Å²) in [6.07, 6.45) is 1.62. The van der Waals surface area contributed by atoms with Gasteiger partial charge in [0.05, 0.1) is 5.69 Å². The fourth-order valence-corrected chi connectivity index (χ4v) is 1.51. The van der Waals surface area contributed by atoms with Crippen LogP contribution in [0.25, 0.3) is 5.69 Å². The van der Waals surface area contributed by atoms with Crippen LogP contribution in [0.15, 0.2) is 30.5 Å². The molecule has 17 heavy (non-hydrogen) atoms. The van der Waals surface area contributed by atoms with Crippen LogP contribution >= 0.6 is 0 Å². The minimum Gasteiger partial charge on any atom is -0.311 e. The van der Waals surface area contributed by atoms with Gasteiger partial charge in [0.1, 0.15) is 5.69 Å². The third kappa shape index (κ3) is 2.50. The van der Waals surface area contributed by atoms with E-state index in [0.717, 1.165) is 18.3 Å². The second-order valence-corrected chi connectivity index (χ2v) is 3.60. The third-order valence-electron chi connectivity index (χ3n) is 2.38. The van der Waals surface area contributed by atoms with E-state index in [9.17, 15) is 8.78 Å². The average Bonchev–Trinajstić information content (AvgIpc) is 2.78. The number of nitrogens with one attached hydrogen (secondary N) is 1. The van der Waals surface area contributed by atoms with Gasteiger partial charge in [0.15, 0.2) is 11.6 Å². The highest BCUT2D eigenvalue weighted by atomic mass is 19.2. The first-order valence-electron chi connectivity index (χ1n) is 5.42. The molecule has 5 heteroatoms. The molecule has 1 N–H and O–H groups in total. The molecule has 0 aliphatic carbocycles. The maximum Gasteiger partial charge on any atom is 0.184 e. The molecule has 0 bridgehead atoms. The molecule has 2 aromatic rings. The summed E-state index contributed by atoms with van der Waals surface area (Å²) in [7, 11) is 0. The molecule has 0 fully saturated rings. The Morgan fingerprint density at radius 2 is 2.12 bits per heavy atom. The lowest BCUT2D eigenvalue weighted by molar-refractivity contribution is 0.501. The molecule has 0 radical (unpaired) electrons. The van der Waals surface area contributed by atoms with Crippen molar-refractivity contribution in [3.8, 4) is 5.69 Å². The number of nitrogens with zero attached hydrogens (tertiary/aromatic N) is 2. The lowest BCUT2D eigenvalue weighted by atomic mass is 10.3. The smallest absolute Gasteiger partial charge is 0.184 e. The molecule has 0 unspecified atom stereocenters. The van der Waals surface area contributed by atoms with Gasteiger partial charge in [0.25, 0.3) is 0 Å². The van der Waals surface area contributed by atoms with Gasteiger partial charge in [-0.25, -0.2) is 13.5 Å². The van der Waals surface area contributed by atoms with Crippen molar-refractivity contribution in [2.75, 3.05) is 6.54 Å². The van der Waals surface area contributed by atoms with Gasteiger partial charge >= 0.3 is 0 Å². The number of benzene rings is 1.